The number of hydrogen-bond donors (Lipinski definition) is 2. The largest absolute Gasteiger partial charge is 0.482 e. The molecule has 3 rings (SSSR count). The Morgan fingerprint density at radius 1 is 1.21 bits per heavy atom. The average Bonchev–Trinajstić information content (AvgIpc) is 3.06. The fourth-order valence-corrected chi connectivity index (χ4v) is 2.94. The van der Waals surface area contributed by atoms with Gasteiger partial charge in [-0.15, -0.1) is 0 Å². The number of rotatable bonds is 7. The fourth-order valence-electron chi connectivity index (χ4n) is 2.94. The molecule has 0 aliphatic rings. The molecule has 2 N–H and O–H groups in total. The van der Waals surface area contributed by atoms with Crippen LogP contribution in [-0.2, 0) is 4.79 Å². The number of aromatic nitrogens is 2. The highest BCUT2D eigenvalue weighted by Crippen LogP contribution is 2.26. The zero-order valence-corrected chi connectivity index (χ0v) is 16.7. The number of carboxylic acid groups (broad SMARTS) is 1. The molecule has 0 aliphatic heterocycles. The maximum atomic E-state index is 13.0. The number of pyridine rings is 1. The van der Waals surface area contributed by atoms with E-state index in [0.29, 0.717) is 28.1 Å². The number of nitrogens with one attached hydrogen (secondary N) is 1. The van der Waals surface area contributed by atoms with Gasteiger partial charge in [0, 0.05) is 5.69 Å². The molecule has 0 radical (unpaired) electrons. The number of carbonyl (C=O) groups excluding carboxylic acids is 1. The van der Waals surface area contributed by atoms with Crippen LogP contribution in [0.5, 0.6) is 5.75 Å². The molecule has 0 bridgehead atoms. The summed E-state index contributed by atoms with van der Waals surface area (Å²) < 4.78 is 10.4. The van der Waals surface area contributed by atoms with Crippen LogP contribution in [0.3, 0.4) is 0 Å². The summed E-state index contributed by atoms with van der Waals surface area (Å²) in [4.78, 5) is 28.0. The monoisotopic (exact) mass is 397 g/mol. The normalized spacial score (nSPS) is 12.2. The number of carboxylic acids is 1. The van der Waals surface area contributed by atoms with Gasteiger partial charge in [0.2, 0.25) is 0 Å². The minimum atomic E-state index is -1.04. The van der Waals surface area contributed by atoms with Gasteiger partial charge in [0.1, 0.15) is 5.75 Å². The lowest BCUT2D eigenvalue weighted by molar-refractivity contribution is -0.139. The van der Waals surface area contributed by atoms with E-state index in [4.69, 9.17) is 14.4 Å². The third-order valence-corrected chi connectivity index (χ3v) is 4.56. The summed E-state index contributed by atoms with van der Waals surface area (Å²) in [5, 5.41) is 16.2. The maximum Gasteiger partial charge on any atom is 0.341 e. The van der Waals surface area contributed by atoms with Gasteiger partial charge >= 0.3 is 5.97 Å². The third-order valence-electron chi connectivity index (χ3n) is 4.56. The first-order valence-corrected chi connectivity index (χ1v) is 9.28. The Labute approximate surface area is 167 Å². The number of benzene rings is 1. The van der Waals surface area contributed by atoms with Gasteiger partial charge in [-0.3, -0.25) is 4.79 Å². The first kappa shape index (κ1) is 20.3. The molecule has 8 heteroatoms. The minimum Gasteiger partial charge on any atom is -0.482 e. The van der Waals surface area contributed by atoms with Gasteiger partial charge in [-0.2, -0.15) is 0 Å². The Balaban J connectivity index is 1.81. The van der Waals surface area contributed by atoms with Gasteiger partial charge in [-0.25, -0.2) is 9.78 Å². The molecular weight excluding hydrogens is 374 g/mol. The van der Waals surface area contributed by atoms with Crippen molar-refractivity contribution >= 4 is 23.0 Å². The van der Waals surface area contributed by atoms with Crippen LogP contribution in [0.15, 0.2) is 34.9 Å². The second-order valence-corrected chi connectivity index (χ2v) is 7.14. The molecule has 0 spiro atoms. The Hall–Kier alpha value is -3.42. The summed E-state index contributed by atoms with van der Waals surface area (Å²) in [7, 11) is 0. The van der Waals surface area contributed by atoms with Crippen molar-refractivity contribution in [2.75, 3.05) is 6.61 Å². The van der Waals surface area contributed by atoms with E-state index in [0.717, 1.165) is 11.3 Å². The first-order chi connectivity index (χ1) is 13.8. The predicted octanol–water partition coefficient (Wildman–Crippen LogP) is 3.61. The molecule has 1 amide bonds. The molecule has 1 aromatic carbocycles. The number of aryl methyl sites for hydroxylation is 1. The molecule has 152 valence electrons. The second kappa shape index (κ2) is 8.30. The quantitative estimate of drug-likeness (QED) is 0.626. The lowest BCUT2D eigenvalue weighted by Gasteiger charge is -2.16. The van der Waals surface area contributed by atoms with Crippen molar-refractivity contribution in [3.63, 3.8) is 0 Å². The third kappa shape index (κ3) is 4.53. The van der Waals surface area contributed by atoms with Crippen molar-refractivity contribution in [1.29, 1.82) is 0 Å². The summed E-state index contributed by atoms with van der Waals surface area (Å²) in [6.07, 6.45) is 0. The minimum absolute atomic E-state index is 0.132. The Bertz CT molecular complexity index is 1040. The van der Waals surface area contributed by atoms with Crippen LogP contribution in [0.4, 0.5) is 0 Å². The molecule has 2 aromatic heterocycles. The van der Waals surface area contributed by atoms with Crippen LogP contribution in [0.1, 0.15) is 60.0 Å². The van der Waals surface area contributed by atoms with E-state index >= 15 is 0 Å². The van der Waals surface area contributed by atoms with Crippen LogP contribution in [-0.4, -0.2) is 33.7 Å². The molecule has 1 unspecified atom stereocenters. The van der Waals surface area contributed by atoms with Gasteiger partial charge in [-0.1, -0.05) is 31.1 Å². The zero-order chi connectivity index (χ0) is 21.1. The Morgan fingerprint density at radius 3 is 2.52 bits per heavy atom. The molecule has 29 heavy (non-hydrogen) atoms. The van der Waals surface area contributed by atoms with Crippen molar-refractivity contribution in [3.05, 3.63) is 52.8 Å². The molecule has 3 aromatic rings. The van der Waals surface area contributed by atoms with Crippen LogP contribution in [0.2, 0.25) is 0 Å². The smallest absolute Gasteiger partial charge is 0.341 e. The Morgan fingerprint density at radius 2 is 1.90 bits per heavy atom. The van der Waals surface area contributed by atoms with Crippen molar-refractivity contribution in [2.45, 2.75) is 39.7 Å². The van der Waals surface area contributed by atoms with E-state index in [2.05, 4.69) is 15.5 Å². The maximum absolute atomic E-state index is 13.0. The molecule has 0 saturated carbocycles. The van der Waals surface area contributed by atoms with Crippen molar-refractivity contribution < 1.29 is 24.0 Å². The summed E-state index contributed by atoms with van der Waals surface area (Å²) in [5.74, 6) is -0.702. The highest BCUT2D eigenvalue weighted by atomic mass is 16.5. The Kier molecular flexibility index (Phi) is 5.81. The van der Waals surface area contributed by atoms with Gasteiger partial charge in [0.15, 0.2) is 6.61 Å². The van der Waals surface area contributed by atoms with E-state index in [1.54, 1.807) is 37.3 Å². The molecule has 0 saturated heterocycles. The number of ether oxygens (including phenoxy) is 1. The molecule has 2 heterocycles. The fraction of sp³-hybridized carbons (Fsp3) is 0.333. The van der Waals surface area contributed by atoms with Gasteiger partial charge in [-0.05, 0) is 43.5 Å². The van der Waals surface area contributed by atoms with E-state index in [-0.39, 0.29) is 17.9 Å². The van der Waals surface area contributed by atoms with Crippen molar-refractivity contribution in [1.82, 2.24) is 15.5 Å². The van der Waals surface area contributed by atoms with E-state index in [1.807, 2.05) is 20.8 Å². The van der Waals surface area contributed by atoms with E-state index in [1.165, 1.54) is 0 Å². The van der Waals surface area contributed by atoms with Crippen LogP contribution >= 0.6 is 0 Å². The zero-order valence-electron chi connectivity index (χ0n) is 16.7. The predicted molar refractivity (Wildman–Crippen MR) is 106 cm³/mol. The molecular formula is C21H23N3O5. The highest BCUT2D eigenvalue weighted by Gasteiger charge is 2.21. The van der Waals surface area contributed by atoms with Gasteiger partial charge < -0.3 is 19.7 Å². The average molecular weight is 397 g/mol. The topological polar surface area (TPSA) is 115 Å². The molecule has 8 nitrogen and oxygen atoms in total. The van der Waals surface area contributed by atoms with Crippen molar-refractivity contribution in [2.24, 2.45) is 0 Å². The summed E-state index contributed by atoms with van der Waals surface area (Å²) in [5.41, 5.74) is 3.06. The molecule has 1 atom stereocenters. The lowest BCUT2D eigenvalue weighted by atomic mass is 10.0. The first-order valence-electron chi connectivity index (χ1n) is 9.28. The van der Waals surface area contributed by atoms with E-state index in [9.17, 15) is 9.59 Å². The number of amides is 1. The summed E-state index contributed by atoms with van der Waals surface area (Å²) >= 11 is 0. The highest BCUT2D eigenvalue weighted by molar-refractivity contribution is 6.06. The number of hydrogen-bond acceptors (Lipinski definition) is 6. The SMILES string of the molecule is Cc1noc2nc(C(C)C)cc(C(=O)NC(C)c3ccc(OCC(=O)O)cc3)c12. The van der Waals surface area contributed by atoms with Crippen LogP contribution < -0.4 is 10.1 Å². The number of aliphatic carboxylic acids is 1. The standard InChI is InChI=1S/C21H23N3O5/c1-11(2)17-9-16(19-13(4)24-29-21(19)23-17)20(27)22-12(3)14-5-7-15(8-6-14)28-10-18(25)26/h5-9,11-12H,10H2,1-4H3,(H,22,27)(H,25,26). The second-order valence-electron chi connectivity index (χ2n) is 7.14. The number of carbonyl (C=O) groups is 2. The van der Waals surface area contributed by atoms with Crippen LogP contribution in [0, 0.1) is 6.92 Å². The summed E-state index contributed by atoms with van der Waals surface area (Å²) in [6, 6.07) is 8.42. The van der Waals surface area contributed by atoms with Gasteiger partial charge in [0.05, 0.1) is 22.7 Å². The van der Waals surface area contributed by atoms with Crippen molar-refractivity contribution in [3.8, 4) is 5.75 Å². The molecule has 0 fully saturated rings. The van der Waals surface area contributed by atoms with Crippen LogP contribution in [0.25, 0.3) is 11.1 Å². The van der Waals surface area contributed by atoms with E-state index < -0.39 is 12.6 Å². The lowest BCUT2D eigenvalue weighted by Crippen LogP contribution is -2.27. The van der Waals surface area contributed by atoms with Gasteiger partial charge in [0.25, 0.3) is 11.6 Å². The number of nitrogens with zero attached hydrogens (tertiary/aromatic N) is 2. The summed E-state index contributed by atoms with van der Waals surface area (Å²) in [6.45, 7) is 7.23. The molecule has 0 aliphatic carbocycles. The number of fused-ring (bicyclic) bond motifs is 1.